The highest BCUT2D eigenvalue weighted by Gasteiger charge is 2.34. The summed E-state index contributed by atoms with van der Waals surface area (Å²) in [5.41, 5.74) is 4.04. The Morgan fingerprint density at radius 1 is 0.951 bits per heavy atom. The zero-order valence-electron chi connectivity index (χ0n) is 22.4. The van der Waals surface area contributed by atoms with E-state index in [2.05, 4.69) is 51.1 Å². The van der Waals surface area contributed by atoms with Gasteiger partial charge in [-0.2, -0.15) is 5.10 Å². The zero-order valence-corrected chi connectivity index (χ0v) is 24.6. The minimum atomic E-state index is -0.276. The summed E-state index contributed by atoms with van der Waals surface area (Å²) in [5, 5.41) is 11.2. The number of benzene rings is 1. The van der Waals surface area contributed by atoms with Gasteiger partial charge in [-0.3, -0.25) is 5.32 Å². The SMILES string of the molecule is Cc1c(-c2cnc(C3=C/C=C\C=C/C=C3)nc2)nn(-c2ccccc2)c1NC(=O)NC1CN(I)CC1n1cccc1. The summed E-state index contributed by atoms with van der Waals surface area (Å²) >= 11 is 2.31. The van der Waals surface area contributed by atoms with Gasteiger partial charge in [0.2, 0.25) is 0 Å². The fourth-order valence-electron chi connectivity index (χ4n) is 5.05. The molecule has 2 atom stereocenters. The number of hydrogen-bond donors (Lipinski definition) is 2. The fourth-order valence-corrected chi connectivity index (χ4v) is 5.88. The van der Waals surface area contributed by atoms with E-state index in [1.165, 1.54) is 0 Å². The largest absolute Gasteiger partial charge is 0.348 e. The van der Waals surface area contributed by atoms with Gasteiger partial charge in [0.1, 0.15) is 11.5 Å². The van der Waals surface area contributed by atoms with Gasteiger partial charge in [-0.25, -0.2) is 22.6 Å². The first-order valence-corrected chi connectivity index (χ1v) is 14.3. The van der Waals surface area contributed by atoms with E-state index in [1.807, 2.05) is 104 Å². The van der Waals surface area contributed by atoms with E-state index in [9.17, 15) is 4.79 Å². The Bertz CT molecular complexity index is 1640. The van der Waals surface area contributed by atoms with Gasteiger partial charge in [0.25, 0.3) is 0 Å². The standard InChI is InChI=1S/C31H29IN8O/c1-22-28(24-18-33-29(34-19-24)23-12-6-3-2-4-7-13-23)37-40(25-14-8-5-9-15-25)30(22)36-31(41)35-26-20-39(32)21-27(26)38-16-10-11-17-38/h2-19,26-27H,20-21H2,1H3,(H2,35,36,41)/b3-2-,4-2?,6-3?,7-4-,12-6?,13-7?,23-12?,23-13?. The van der Waals surface area contributed by atoms with Crippen molar-refractivity contribution in [1.29, 1.82) is 0 Å². The molecule has 41 heavy (non-hydrogen) atoms. The second-order valence-corrected chi connectivity index (χ2v) is 11.2. The lowest BCUT2D eigenvalue weighted by Crippen LogP contribution is -2.43. The Labute approximate surface area is 252 Å². The second-order valence-electron chi connectivity index (χ2n) is 9.85. The molecule has 1 saturated heterocycles. The molecule has 2 aliphatic rings. The van der Waals surface area contributed by atoms with Gasteiger partial charge in [0.15, 0.2) is 5.82 Å². The summed E-state index contributed by atoms with van der Waals surface area (Å²) in [6.07, 6.45) is 21.4. The van der Waals surface area contributed by atoms with Crippen molar-refractivity contribution in [3.05, 3.63) is 121 Å². The lowest BCUT2D eigenvalue weighted by atomic mass is 10.1. The van der Waals surface area contributed by atoms with Crippen LogP contribution in [0.15, 0.2) is 110 Å². The number of amides is 2. The Kier molecular flexibility index (Phi) is 7.92. The third kappa shape index (κ3) is 5.93. The van der Waals surface area contributed by atoms with Crippen LogP contribution in [0.4, 0.5) is 10.6 Å². The molecule has 3 aromatic heterocycles. The maximum absolute atomic E-state index is 13.4. The van der Waals surface area contributed by atoms with Crippen LogP contribution in [0.2, 0.25) is 0 Å². The summed E-state index contributed by atoms with van der Waals surface area (Å²) in [6, 6.07) is 13.6. The number of anilines is 1. The molecule has 2 unspecified atom stereocenters. The molecule has 6 rings (SSSR count). The van der Waals surface area contributed by atoms with Crippen LogP contribution < -0.4 is 10.6 Å². The van der Waals surface area contributed by atoms with Crippen LogP contribution in [0.25, 0.3) is 22.5 Å². The van der Waals surface area contributed by atoms with Crippen molar-refractivity contribution in [2.75, 3.05) is 18.4 Å². The molecule has 1 aliphatic carbocycles. The first kappa shape index (κ1) is 26.9. The van der Waals surface area contributed by atoms with Crippen molar-refractivity contribution in [3.8, 4) is 16.9 Å². The van der Waals surface area contributed by atoms with E-state index in [-0.39, 0.29) is 18.1 Å². The molecule has 4 aromatic rings. The molecule has 9 nitrogen and oxygen atoms in total. The molecule has 206 valence electrons. The van der Waals surface area contributed by atoms with E-state index in [4.69, 9.17) is 5.10 Å². The Morgan fingerprint density at radius 2 is 1.68 bits per heavy atom. The van der Waals surface area contributed by atoms with Crippen LogP contribution in [-0.4, -0.2) is 52.6 Å². The van der Waals surface area contributed by atoms with Crippen molar-refractivity contribution < 1.29 is 4.79 Å². The number of aromatic nitrogens is 5. The summed E-state index contributed by atoms with van der Waals surface area (Å²) in [4.78, 5) is 22.7. The van der Waals surface area contributed by atoms with Crippen molar-refractivity contribution in [1.82, 2.24) is 32.7 Å². The molecule has 0 radical (unpaired) electrons. The quantitative estimate of drug-likeness (QED) is 0.199. The fraction of sp³-hybridized carbons (Fsp3) is 0.161. The minimum absolute atomic E-state index is 0.0462. The zero-order chi connectivity index (χ0) is 28.2. The van der Waals surface area contributed by atoms with E-state index in [0.29, 0.717) is 17.3 Å². The number of nitrogens with one attached hydrogen (secondary N) is 2. The van der Waals surface area contributed by atoms with E-state index < -0.39 is 0 Å². The number of urea groups is 1. The van der Waals surface area contributed by atoms with Crippen molar-refractivity contribution in [2.24, 2.45) is 0 Å². The highest BCUT2D eigenvalue weighted by Crippen LogP contribution is 2.31. The topological polar surface area (TPSA) is 92.9 Å². The molecule has 0 saturated carbocycles. The maximum atomic E-state index is 13.4. The molecule has 4 heterocycles. The van der Waals surface area contributed by atoms with Crippen LogP contribution in [0.5, 0.6) is 0 Å². The highest BCUT2D eigenvalue weighted by molar-refractivity contribution is 14.1. The molecule has 1 fully saturated rings. The van der Waals surface area contributed by atoms with Gasteiger partial charge in [-0.15, -0.1) is 0 Å². The molecule has 2 amide bonds. The number of halogens is 1. The van der Waals surface area contributed by atoms with Gasteiger partial charge in [-0.1, -0.05) is 60.7 Å². The number of allylic oxidation sites excluding steroid dienone is 8. The van der Waals surface area contributed by atoms with Gasteiger partial charge in [-0.05, 0) is 31.2 Å². The van der Waals surface area contributed by atoms with Crippen LogP contribution in [0, 0.1) is 6.92 Å². The number of carbonyl (C=O) groups excluding carboxylic acids is 1. The first-order valence-electron chi connectivity index (χ1n) is 13.4. The van der Waals surface area contributed by atoms with E-state index in [1.54, 1.807) is 17.1 Å². The number of para-hydroxylation sites is 1. The molecular weight excluding hydrogens is 627 g/mol. The van der Waals surface area contributed by atoms with E-state index >= 15 is 0 Å². The minimum Gasteiger partial charge on any atom is -0.348 e. The second kappa shape index (κ2) is 12.1. The van der Waals surface area contributed by atoms with Crippen LogP contribution in [0.3, 0.4) is 0 Å². The number of nitrogens with zero attached hydrogens (tertiary/aromatic N) is 6. The molecule has 1 aromatic carbocycles. The third-order valence-corrected chi connectivity index (χ3v) is 7.89. The Hall–Kier alpha value is -4.29. The third-order valence-electron chi connectivity index (χ3n) is 7.11. The first-order chi connectivity index (χ1) is 20.1. The lowest BCUT2D eigenvalue weighted by Gasteiger charge is -2.22. The van der Waals surface area contributed by atoms with Crippen LogP contribution in [-0.2, 0) is 0 Å². The van der Waals surface area contributed by atoms with Gasteiger partial charge < -0.3 is 9.88 Å². The van der Waals surface area contributed by atoms with Crippen molar-refractivity contribution >= 4 is 40.3 Å². The number of rotatable bonds is 6. The van der Waals surface area contributed by atoms with Crippen LogP contribution >= 0.6 is 22.9 Å². The monoisotopic (exact) mass is 656 g/mol. The van der Waals surface area contributed by atoms with Gasteiger partial charge in [0, 0.05) is 77.4 Å². The van der Waals surface area contributed by atoms with Gasteiger partial charge in [0.05, 0.1) is 17.8 Å². The maximum Gasteiger partial charge on any atom is 0.320 e. The molecule has 0 bridgehead atoms. The van der Waals surface area contributed by atoms with Gasteiger partial charge >= 0.3 is 6.03 Å². The average Bonchev–Trinajstić information content (AvgIpc) is 3.69. The molecule has 10 heteroatoms. The summed E-state index contributed by atoms with van der Waals surface area (Å²) in [7, 11) is 0. The Morgan fingerprint density at radius 3 is 2.46 bits per heavy atom. The highest BCUT2D eigenvalue weighted by atomic mass is 127. The smallest absolute Gasteiger partial charge is 0.320 e. The van der Waals surface area contributed by atoms with Crippen molar-refractivity contribution in [3.63, 3.8) is 0 Å². The Balaban J connectivity index is 1.28. The van der Waals surface area contributed by atoms with Crippen LogP contribution in [0.1, 0.15) is 17.4 Å². The summed E-state index contributed by atoms with van der Waals surface area (Å²) in [5.74, 6) is 1.22. The average molecular weight is 657 g/mol. The summed E-state index contributed by atoms with van der Waals surface area (Å²) in [6.45, 7) is 3.55. The lowest BCUT2D eigenvalue weighted by molar-refractivity contribution is 0.246. The number of carbonyl (C=O) groups is 1. The molecule has 1 aliphatic heterocycles. The summed E-state index contributed by atoms with van der Waals surface area (Å²) < 4.78 is 6.11. The molecule has 2 N–H and O–H groups in total. The predicted molar refractivity (Wildman–Crippen MR) is 170 cm³/mol. The van der Waals surface area contributed by atoms with Crippen molar-refractivity contribution in [2.45, 2.75) is 19.0 Å². The number of hydrogen-bond acceptors (Lipinski definition) is 5. The molecule has 0 spiro atoms. The predicted octanol–water partition coefficient (Wildman–Crippen LogP) is 5.90. The molecular formula is C31H29IN8O. The normalized spacial score (nSPS) is 20.2. The van der Waals surface area contributed by atoms with E-state index in [0.717, 1.165) is 35.5 Å².